The van der Waals surface area contributed by atoms with Gasteiger partial charge in [0.25, 0.3) is 0 Å². The fraction of sp³-hybridized carbons (Fsp3) is 0.875. The average Bonchev–Trinajstić information content (AvgIpc) is 2.66. The quantitative estimate of drug-likeness (QED) is 0.267. The smallest absolute Gasteiger partial charge is 0.114 e. The number of aliphatic imine (C=N–C) groups is 1. The van der Waals surface area contributed by atoms with Crippen molar-refractivity contribution in [1.82, 2.24) is 5.43 Å². The normalized spacial score (nSPS) is 26.5. The third kappa shape index (κ3) is 1.53. The van der Waals surface area contributed by atoms with Crippen LogP contribution in [0.2, 0.25) is 0 Å². The molecule has 2 aliphatic carbocycles. The third-order valence-corrected chi connectivity index (χ3v) is 2.51. The molecule has 2 aliphatic rings. The number of hydrazine groups is 1. The summed E-state index contributed by atoms with van der Waals surface area (Å²) in [6, 6.07) is 0.599. The summed E-state index contributed by atoms with van der Waals surface area (Å²) >= 11 is 0. The summed E-state index contributed by atoms with van der Waals surface area (Å²) in [7, 11) is 0. The highest BCUT2D eigenvalue weighted by Crippen LogP contribution is 2.30. The van der Waals surface area contributed by atoms with Crippen LogP contribution in [0.15, 0.2) is 4.99 Å². The van der Waals surface area contributed by atoms with Crippen LogP contribution in [-0.2, 0) is 0 Å². The number of hydrogen-bond acceptors (Lipinski definition) is 2. The van der Waals surface area contributed by atoms with Crippen LogP contribution in [-0.4, -0.2) is 11.9 Å². The van der Waals surface area contributed by atoms with Crippen molar-refractivity contribution >= 4 is 5.84 Å². The highest BCUT2D eigenvalue weighted by molar-refractivity contribution is 5.85. The van der Waals surface area contributed by atoms with Crippen molar-refractivity contribution < 1.29 is 0 Å². The van der Waals surface area contributed by atoms with Crippen LogP contribution in [0, 0.1) is 5.92 Å². The predicted molar refractivity (Wildman–Crippen MR) is 45.1 cm³/mol. The molecule has 62 valence electrons. The van der Waals surface area contributed by atoms with E-state index < -0.39 is 0 Å². The molecule has 0 heterocycles. The largest absolute Gasteiger partial charge is 0.312 e. The highest BCUT2D eigenvalue weighted by atomic mass is 15.3. The maximum atomic E-state index is 5.38. The summed E-state index contributed by atoms with van der Waals surface area (Å²) in [5, 5.41) is 0. The first kappa shape index (κ1) is 7.10. The molecule has 3 N–H and O–H groups in total. The van der Waals surface area contributed by atoms with Crippen LogP contribution in [0.25, 0.3) is 0 Å². The Kier molecular flexibility index (Phi) is 1.82. The van der Waals surface area contributed by atoms with E-state index in [0.717, 1.165) is 5.84 Å². The van der Waals surface area contributed by atoms with Crippen LogP contribution in [0.1, 0.15) is 32.1 Å². The van der Waals surface area contributed by atoms with E-state index in [-0.39, 0.29) is 0 Å². The first-order valence-electron chi connectivity index (χ1n) is 4.44. The van der Waals surface area contributed by atoms with E-state index in [2.05, 4.69) is 10.4 Å². The fourth-order valence-corrected chi connectivity index (χ4v) is 1.34. The molecule has 11 heavy (non-hydrogen) atoms. The Balaban J connectivity index is 1.92. The summed E-state index contributed by atoms with van der Waals surface area (Å²) in [5.41, 5.74) is 2.73. The molecule has 0 amide bonds. The van der Waals surface area contributed by atoms with E-state index in [1.807, 2.05) is 0 Å². The molecule has 3 nitrogen and oxygen atoms in total. The van der Waals surface area contributed by atoms with E-state index in [0.29, 0.717) is 12.0 Å². The van der Waals surface area contributed by atoms with Crippen LogP contribution in [0.3, 0.4) is 0 Å². The van der Waals surface area contributed by atoms with Crippen molar-refractivity contribution in [3.8, 4) is 0 Å². The van der Waals surface area contributed by atoms with Crippen LogP contribution < -0.4 is 11.3 Å². The van der Waals surface area contributed by atoms with Gasteiger partial charge in [0.15, 0.2) is 0 Å². The van der Waals surface area contributed by atoms with Gasteiger partial charge in [0.05, 0.1) is 6.04 Å². The van der Waals surface area contributed by atoms with Gasteiger partial charge in [-0.05, 0) is 25.7 Å². The number of nitrogens with zero attached hydrogens (tertiary/aromatic N) is 1. The second-order valence-electron chi connectivity index (χ2n) is 3.52. The van der Waals surface area contributed by atoms with Crippen LogP contribution in [0.4, 0.5) is 0 Å². The minimum absolute atomic E-state index is 0.599. The number of hydrogen-bond donors (Lipinski definition) is 2. The SMILES string of the molecule is NNC(=NC1CC1)C1CCC1. The van der Waals surface area contributed by atoms with E-state index in [1.165, 1.54) is 32.1 Å². The Morgan fingerprint density at radius 2 is 2.00 bits per heavy atom. The first-order valence-corrected chi connectivity index (χ1v) is 4.44. The monoisotopic (exact) mass is 153 g/mol. The van der Waals surface area contributed by atoms with Gasteiger partial charge >= 0.3 is 0 Å². The van der Waals surface area contributed by atoms with Crippen molar-refractivity contribution in [1.29, 1.82) is 0 Å². The fourth-order valence-electron chi connectivity index (χ4n) is 1.34. The molecular weight excluding hydrogens is 138 g/mol. The Labute approximate surface area is 67.0 Å². The van der Waals surface area contributed by atoms with E-state index in [4.69, 9.17) is 5.84 Å². The summed E-state index contributed by atoms with van der Waals surface area (Å²) in [4.78, 5) is 4.51. The molecule has 3 heteroatoms. The van der Waals surface area contributed by atoms with Gasteiger partial charge in [-0.3, -0.25) is 4.99 Å². The number of rotatable bonds is 2. The van der Waals surface area contributed by atoms with Crippen LogP contribution >= 0.6 is 0 Å². The molecule has 0 aromatic rings. The summed E-state index contributed by atoms with van der Waals surface area (Å²) < 4.78 is 0. The van der Waals surface area contributed by atoms with Gasteiger partial charge in [-0.1, -0.05) is 6.42 Å². The van der Waals surface area contributed by atoms with Gasteiger partial charge < -0.3 is 5.43 Å². The second kappa shape index (κ2) is 2.81. The number of nitrogens with one attached hydrogen (secondary N) is 1. The second-order valence-corrected chi connectivity index (χ2v) is 3.52. The lowest BCUT2D eigenvalue weighted by atomic mass is 9.84. The Hall–Kier alpha value is -0.570. The molecule has 2 saturated carbocycles. The molecule has 0 atom stereocenters. The van der Waals surface area contributed by atoms with Gasteiger partial charge in [-0.25, -0.2) is 5.84 Å². The van der Waals surface area contributed by atoms with Crippen LogP contribution in [0.5, 0.6) is 0 Å². The third-order valence-electron chi connectivity index (χ3n) is 2.51. The van der Waals surface area contributed by atoms with Gasteiger partial charge in [-0.2, -0.15) is 0 Å². The van der Waals surface area contributed by atoms with E-state index in [1.54, 1.807) is 0 Å². The summed E-state index contributed by atoms with van der Waals surface area (Å²) in [5.74, 6) is 7.09. The Morgan fingerprint density at radius 1 is 1.27 bits per heavy atom. The molecule has 0 aromatic heterocycles. The average molecular weight is 153 g/mol. The van der Waals surface area contributed by atoms with Crippen molar-refractivity contribution in [2.45, 2.75) is 38.1 Å². The molecular formula is C8H15N3. The topological polar surface area (TPSA) is 50.4 Å². The minimum Gasteiger partial charge on any atom is -0.312 e. The molecule has 2 fully saturated rings. The van der Waals surface area contributed by atoms with Crippen molar-refractivity contribution in [3.05, 3.63) is 0 Å². The summed E-state index contributed by atoms with van der Waals surface area (Å²) in [6.45, 7) is 0. The van der Waals surface area contributed by atoms with Gasteiger partial charge in [0, 0.05) is 5.92 Å². The molecule has 2 rings (SSSR count). The standard InChI is InChI=1S/C8H15N3/c9-11-8(6-2-1-3-6)10-7-4-5-7/h6-7H,1-5,9H2,(H,10,11). The van der Waals surface area contributed by atoms with Crippen molar-refractivity contribution in [2.24, 2.45) is 16.8 Å². The Morgan fingerprint density at radius 3 is 2.36 bits per heavy atom. The highest BCUT2D eigenvalue weighted by Gasteiger charge is 2.26. The zero-order valence-electron chi connectivity index (χ0n) is 6.71. The van der Waals surface area contributed by atoms with Crippen molar-refractivity contribution in [2.75, 3.05) is 0 Å². The maximum absolute atomic E-state index is 5.38. The van der Waals surface area contributed by atoms with E-state index >= 15 is 0 Å². The number of nitrogens with two attached hydrogens (primary N) is 1. The molecule has 0 unspecified atom stereocenters. The molecule has 0 aliphatic heterocycles. The van der Waals surface area contributed by atoms with Crippen molar-refractivity contribution in [3.63, 3.8) is 0 Å². The lowest BCUT2D eigenvalue weighted by molar-refractivity contribution is 0.403. The lowest BCUT2D eigenvalue weighted by Crippen LogP contribution is -2.39. The molecule has 0 bridgehead atoms. The first-order chi connectivity index (χ1) is 5.40. The molecule has 0 radical (unpaired) electrons. The minimum atomic E-state index is 0.599. The zero-order chi connectivity index (χ0) is 7.68. The molecule has 0 saturated heterocycles. The predicted octanol–water partition coefficient (Wildman–Crippen LogP) is 0.811. The molecule has 0 aromatic carbocycles. The zero-order valence-corrected chi connectivity index (χ0v) is 6.71. The maximum Gasteiger partial charge on any atom is 0.114 e. The molecule has 0 spiro atoms. The Bertz CT molecular complexity index is 168. The van der Waals surface area contributed by atoms with E-state index in [9.17, 15) is 0 Å². The van der Waals surface area contributed by atoms with Gasteiger partial charge in [0.1, 0.15) is 5.84 Å². The van der Waals surface area contributed by atoms with Gasteiger partial charge in [-0.15, -0.1) is 0 Å². The van der Waals surface area contributed by atoms with Gasteiger partial charge in [0.2, 0.25) is 0 Å². The number of amidine groups is 1. The summed E-state index contributed by atoms with van der Waals surface area (Å²) in [6.07, 6.45) is 6.41. The lowest BCUT2D eigenvalue weighted by Gasteiger charge is -2.26.